The molecule has 2 aromatic carbocycles. The van der Waals surface area contributed by atoms with Crippen LogP contribution in [0, 0.1) is 0 Å². The lowest BCUT2D eigenvalue weighted by atomic mass is 10.1. The Morgan fingerprint density at radius 3 is 2.78 bits per heavy atom. The van der Waals surface area contributed by atoms with Crippen molar-refractivity contribution in [2.24, 2.45) is 0 Å². The van der Waals surface area contributed by atoms with Gasteiger partial charge < -0.3 is 10.1 Å². The van der Waals surface area contributed by atoms with Gasteiger partial charge in [0, 0.05) is 43.7 Å². The van der Waals surface area contributed by atoms with Crippen LogP contribution in [-0.2, 0) is 16.1 Å². The van der Waals surface area contributed by atoms with E-state index < -0.39 is 0 Å². The van der Waals surface area contributed by atoms with E-state index in [9.17, 15) is 9.59 Å². The molecule has 1 amide bonds. The van der Waals surface area contributed by atoms with Gasteiger partial charge in [0.05, 0.1) is 22.6 Å². The third-order valence-corrected chi connectivity index (χ3v) is 6.05. The Hall–Kier alpha value is -3.35. The van der Waals surface area contributed by atoms with Crippen LogP contribution in [0.4, 0.5) is 5.69 Å². The number of allylic oxidation sites excluding steroid dienone is 1. The first-order chi connectivity index (χ1) is 15.6. The molecular formula is C26H25N3O3. The molecule has 0 bridgehead atoms. The van der Waals surface area contributed by atoms with Crippen molar-refractivity contribution in [3.8, 4) is 0 Å². The molecule has 0 aliphatic carbocycles. The normalized spacial score (nSPS) is 17.8. The van der Waals surface area contributed by atoms with Crippen molar-refractivity contribution in [3.05, 3.63) is 77.1 Å². The molecule has 0 saturated carbocycles. The molecule has 0 atom stereocenters. The monoisotopic (exact) mass is 427 g/mol. The van der Waals surface area contributed by atoms with E-state index in [-0.39, 0.29) is 11.7 Å². The van der Waals surface area contributed by atoms with Crippen molar-refractivity contribution in [2.75, 3.05) is 18.1 Å². The molecule has 1 fully saturated rings. The predicted octanol–water partition coefficient (Wildman–Crippen LogP) is 4.09. The van der Waals surface area contributed by atoms with Crippen LogP contribution < -0.4 is 10.2 Å². The second kappa shape index (κ2) is 8.65. The number of ether oxygens (including phenoxy) is 1. The fraction of sp³-hybridized carbons (Fsp3) is 0.269. The molecular weight excluding hydrogens is 402 g/mol. The van der Waals surface area contributed by atoms with Gasteiger partial charge in [0.1, 0.15) is 0 Å². The summed E-state index contributed by atoms with van der Waals surface area (Å²) in [5.41, 5.74) is 4.21. The number of Topliss-reactive ketones (excluding diaryl/α,β-unsaturated/α-hetero) is 1. The number of anilines is 1. The molecule has 0 spiro atoms. The lowest BCUT2D eigenvalue weighted by Crippen LogP contribution is -2.34. The minimum atomic E-state index is -0.197. The van der Waals surface area contributed by atoms with Gasteiger partial charge in [-0.2, -0.15) is 0 Å². The molecule has 6 nitrogen and oxygen atoms in total. The van der Waals surface area contributed by atoms with Gasteiger partial charge in [-0.25, -0.2) is 4.98 Å². The fourth-order valence-electron chi connectivity index (χ4n) is 4.38. The Kier molecular flexibility index (Phi) is 5.55. The highest BCUT2D eigenvalue weighted by Crippen LogP contribution is 2.35. The minimum absolute atomic E-state index is 0.160. The molecule has 2 aliphatic rings. The first-order valence-electron chi connectivity index (χ1n) is 11.0. The molecule has 162 valence electrons. The SMILES string of the molecule is CC(=O)N1/C(=C\c2ccc3cc(CNC4CCOCC4)ccc3n2)C(=O)c2ccccc21. The van der Waals surface area contributed by atoms with Gasteiger partial charge in [-0.05, 0) is 54.8 Å². The van der Waals surface area contributed by atoms with E-state index in [2.05, 4.69) is 17.4 Å². The van der Waals surface area contributed by atoms with Crippen molar-refractivity contribution in [1.82, 2.24) is 10.3 Å². The lowest BCUT2D eigenvalue weighted by molar-refractivity contribution is -0.116. The van der Waals surface area contributed by atoms with E-state index in [4.69, 9.17) is 9.72 Å². The van der Waals surface area contributed by atoms with Crippen LogP contribution in [0.1, 0.15) is 41.4 Å². The molecule has 1 N–H and O–H groups in total. The number of carbonyl (C=O) groups excluding carboxylic acids is 2. The maximum atomic E-state index is 12.9. The van der Waals surface area contributed by atoms with Gasteiger partial charge in [0.2, 0.25) is 11.7 Å². The second-order valence-corrected chi connectivity index (χ2v) is 8.26. The van der Waals surface area contributed by atoms with Gasteiger partial charge in [-0.15, -0.1) is 0 Å². The molecule has 1 saturated heterocycles. The third kappa shape index (κ3) is 3.95. The van der Waals surface area contributed by atoms with Gasteiger partial charge in [0.15, 0.2) is 0 Å². The number of pyridine rings is 1. The summed E-state index contributed by atoms with van der Waals surface area (Å²) in [4.78, 5) is 31.4. The highest BCUT2D eigenvalue weighted by atomic mass is 16.5. The summed E-state index contributed by atoms with van der Waals surface area (Å²) >= 11 is 0. The third-order valence-electron chi connectivity index (χ3n) is 6.05. The fourth-order valence-corrected chi connectivity index (χ4v) is 4.38. The molecule has 0 unspecified atom stereocenters. The van der Waals surface area contributed by atoms with Crippen LogP contribution in [0.2, 0.25) is 0 Å². The van der Waals surface area contributed by atoms with Crippen LogP contribution in [0.3, 0.4) is 0 Å². The van der Waals surface area contributed by atoms with E-state index >= 15 is 0 Å². The summed E-state index contributed by atoms with van der Waals surface area (Å²) in [5, 5.41) is 4.65. The van der Waals surface area contributed by atoms with E-state index in [1.165, 1.54) is 17.4 Å². The largest absolute Gasteiger partial charge is 0.381 e. The number of rotatable bonds is 4. The van der Waals surface area contributed by atoms with Crippen LogP contribution in [0.5, 0.6) is 0 Å². The number of amides is 1. The Morgan fingerprint density at radius 1 is 1.16 bits per heavy atom. The maximum Gasteiger partial charge on any atom is 0.228 e. The number of hydrogen-bond acceptors (Lipinski definition) is 5. The number of nitrogens with one attached hydrogen (secondary N) is 1. The van der Waals surface area contributed by atoms with Crippen molar-refractivity contribution in [1.29, 1.82) is 0 Å². The second-order valence-electron chi connectivity index (χ2n) is 8.26. The van der Waals surface area contributed by atoms with Crippen LogP contribution >= 0.6 is 0 Å². The summed E-state index contributed by atoms with van der Waals surface area (Å²) in [7, 11) is 0. The molecule has 5 rings (SSSR count). The minimum Gasteiger partial charge on any atom is -0.381 e. The van der Waals surface area contributed by atoms with Gasteiger partial charge >= 0.3 is 0 Å². The number of benzene rings is 2. The Balaban J connectivity index is 1.39. The van der Waals surface area contributed by atoms with Gasteiger partial charge in [-0.1, -0.05) is 24.3 Å². The number of nitrogens with zero attached hydrogens (tertiary/aromatic N) is 2. The Labute approximate surface area is 186 Å². The molecule has 2 aliphatic heterocycles. The van der Waals surface area contributed by atoms with Crippen LogP contribution in [0.15, 0.2) is 60.3 Å². The average molecular weight is 428 g/mol. The van der Waals surface area contributed by atoms with Crippen molar-refractivity contribution in [2.45, 2.75) is 32.4 Å². The zero-order chi connectivity index (χ0) is 22.1. The van der Waals surface area contributed by atoms with E-state index in [1.807, 2.05) is 24.3 Å². The standard InChI is InChI=1S/C26H25N3O3/c1-17(30)29-24-5-3-2-4-22(24)26(31)25(29)15-21-8-7-19-14-18(6-9-23(19)28-21)16-27-20-10-12-32-13-11-20/h2-9,14-15,20,27H,10-13,16H2,1H3/b25-15-. The summed E-state index contributed by atoms with van der Waals surface area (Å²) < 4.78 is 5.42. The number of fused-ring (bicyclic) bond motifs is 2. The van der Waals surface area contributed by atoms with Crippen molar-refractivity contribution < 1.29 is 14.3 Å². The maximum absolute atomic E-state index is 12.9. The summed E-state index contributed by atoms with van der Waals surface area (Å²) in [6.45, 7) is 3.93. The molecule has 3 heterocycles. The number of hydrogen-bond donors (Lipinski definition) is 1. The number of ketones is 1. The molecule has 0 radical (unpaired) electrons. The summed E-state index contributed by atoms with van der Waals surface area (Å²) in [5.74, 6) is -0.357. The molecule has 1 aromatic heterocycles. The number of aromatic nitrogens is 1. The zero-order valence-corrected chi connectivity index (χ0v) is 18.0. The van der Waals surface area contributed by atoms with E-state index in [0.29, 0.717) is 28.7 Å². The van der Waals surface area contributed by atoms with E-state index in [0.717, 1.165) is 43.5 Å². The summed E-state index contributed by atoms with van der Waals surface area (Å²) in [6.07, 6.45) is 3.80. The quantitative estimate of drug-likeness (QED) is 0.635. The smallest absolute Gasteiger partial charge is 0.228 e. The van der Waals surface area contributed by atoms with E-state index in [1.54, 1.807) is 24.3 Å². The van der Waals surface area contributed by atoms with Crippen molar-refractivity contribution >= 4 is 34.4 Å². The number of para-hydroxylation sites is 1. The topological polar surface area (TPSA) is 71.5 Å². The zero-order valence-electron chi connectivity index (χ0n) is 18.0. The predicted molar refractivity (Wildman–Crippen MR) is 124 cm³/mol. The van der Waals surface area contributed by atoms with Gasteiger partial charge in [-0.3, -0.25) is 14.5 Å². The molecule has 3 aromatic rings. The highest BCUT2D eigenvalue weighted by Gasteiger charge is 2.34. The van der Waals surface area contributed by atoms with Crippen LogP contribution in [0.25, 0.3) is 17.0 Å². The lowest BCUT2D eigenvalue weighted by Gasteiger charge is -2.23. The number of carbonyl (C=O) groups is 2. The molecule has 6 heteroatoms. The van der Waals surface area contributed by atoms with Crippen LogP contribution in [-0.4, -0.2) is 35.9 Å². The first kappa shape index (κ1) is 20.5. The van der Waals surface area contributed by atoms with Gasteiger partial charge in [0.25, 0.3) is 0 Å². The van der Waals surface area contributed by atoms with Crippen molar-refractivity contribution in [3.63, 3.8) is 0 Å². The highest BCUT2D eigenvalue weighted by molar-refractivity contribution is 6.26. The molecule has 32 heavy (non-hydrogen) atoms. The Morgan fingerprint density at radius 2 is 1.97 bits per heavy atom. The first-order valence-corrected chi connectivity index (χ1v) is 11.0. The Bertz CT molecular complexity index is 1230. The summed E-state index contributed by atoms with van der Waals surface area (Å²) in [6, 6.07) is 17.8. The average Bonchev–Trinajstić information content (AvgIpc) is 3.10.